The zero-order chi connectivity index (χ0) is 16.9. The van der Waals surface area contributed by atoms with Gasteiger partial charge in [0.25, 0.3) is 0 Å². The monoisotopic (exact) mass is 408 g/mol. The number of benzene rings is 2. The SMILES string of the molecule is O=C(O)c1cc(Cl)ccc1O.O=C(O)c1cc(Cl)ccc1O.[Zn]. The third-order valence-electron chi connectivity index (χ3n) is 2.38. The Kier molecular flexibility index (Phi) is 8.61. The summed E-state index contributed by atoms with van der Waals surface area (Å²) >= 11 is 11.0. The third kappa shape index (κ3) is 6.44. The van der Waals surface area contributed by atoms with Crippen molar-refractivity contribution in [1.29, 1.82) is 0 Å². The molecule has 0 radical (unpaired) electrons. The summed E-state index contributed by atoms with van der Waals surface area (Å²) in [5.74, 6) is -2.93. The molecule has 23 heavy (non-hydrogen) atoms. The molecule has 0 heterocycles. The van der Waals surface area contributed by atoms with Crippen LogP contribution >= 0.6 is 23.2 Å². The van der Waals surface area contributed by atoms with Gasteiger partial charge in [0.05, 0.1) is 0 Å². The number of hydrogen-bond acceptors (Lipinski definition) is 4. The fourth-order valence-corrected chi connectivity index (χ4v) is 1.70. The van der Waals surface area contributed by atoms with Gasteiger partial charge in [0.1, 0.15) is 22.6 Å². The molecule has 0 saturated heterocycles. The summed E-state index contributed by atoms with van der Waals surface area (Å²) in [5.41, 5.74) is -0.366. The molecule has 0 aliphatic heterocycles. The van der Waals surface area contributed by atoms with E-state index in [-0.39, 0.29) is 42.1 Å². The van der Waals surface area contributed by atoms with Crippen LogP contribution in [0.5, 0.6) is 11.5 Å². The fraction of sp³-hybridized carbons (Fsp3) is 0. The van der Waals surface area contributed by atoms with E-state index in [1.807, 2.05) is 0 Å². The second-order valence-corrected chi connectivity index (χ2v) is 4.81. The van der Waals surface area contributed by atoms with E-state index < -0.39 is 11.9 Å². The third-order valence-corrected chi connectivity index (χ3v) is 2.85. The van der Waals surface area contributed by atoms with Gasteiger partial charge in [-0.25, -0.2) is 9.59 Å². The molecule has 2 aromatic rings. The molecule has 0 atom stereocenters. The Morgan fingerprint density at radius 1 is 0.739 bits per heavy atom. The molecule has 0 aliphatic rings. The van der Waals surface area contributed by atoms with Gasteiger partial charge < -0.3 is 20.4 Å². The molecule has 0 aromatic heterocycles. The summed E-state index contributed by atoms with van der Waals surface area (Å²) in [6, 6.07) is 7.71. The number of aromatic hydroxyl groups is 2. The van der Waals surface area contributed by atoms with Crippen molar-refractivity contribution in [3.8, 4) is 11.5 Å². The van der Waals surface area contributed by atoms with Crippen molar-refractivity contribution in [1.82, 2.24) is 0 Å². The summed E-state index contributed by atoms with van der Waals surface area (Å²) in [6.07, 6.45) is 0. The molecular formula is C14H10Cl2O6Zn. The number of phenols is 2. The number of carbonyl (C=O) groups is 2. The molecule has 0 aliphatic carbocycles. The number of carboxylic acid groups (broad SMARTS) is 2. The topological polar surface area (TPSA) is 115 Å². The fourth-order valence-electron chi connectivity index (χ4n) is 1.36. The van der Waals surface area contributed by atoms with Gasteiger partial charge in [-0.05, 0) is 36.4 Å². The van der Waals surface area contributed by atoms with Crippen molar-refractivity contribution in [2.45, 2.75) is 0 Å². The second kappa shape index (κ2) is 9.35. The largest absolute Gasteiger partial charge is 0.507 e. The maximum atomic E-state index is 10.4. The van der Waals surface area contributed by atoms with Crippen molar-refractivity contribution in [3.63, 3.8) is 0 Å². The van der Waals surface area contributed by atoms with E-state index >= 15 is 0 Å². The maximum absolute atomic E-state index is 10.4. The van der Waals surface area contributed by atoms with Crippen LogP contribution in [0.25, 0.3) is 0 Å². The first-order valence-corrected chi connectivity index (χ1v) is 6.41. The normalized spacial score (nSPS) is 9.13. The van der Waals surface area contributed by atoms with Gasteiger partial charge in [0.15, 0.2) is 0 Å². The molecule has 0 unspecified atom stereocenters. The van der Waals surface area contributed by atoms with Crippen molar-refractivity contribution in [2.75, 3.05) is 0 Å². The van der Waals surface area contributed by atoms with E-state index in [1.54, 1.807) is 0 Å². The Balaban J connectivity index is 0.000000403. The molecule has 118 valence electrons. The number of rotatable bonds is 2. The molecule has 0 fully saturated rings. The molecule has 0 bridgehead atoms. The molecule has 0 amide bonds. The minimum absolute atomic E-state index is 0. The van der Waals surface area contributed by atoms with Gasteiger partial charge in [0.2, 0.25) is 0 Å². The Labute approximate surface area is 153 Å². The van der Waals surface area contributed by atoms with E-state index in [4.69, 9.17) is 43.6 Å². The molecule has 2 aromatic carbocycles. The minimum atomic E-state index is -1.19. The smallest absolute Gasteiger partial charge is 0.339 e. The summed E-state index contributed by atoms with van der Waals surface area (Å²) < 4.78 is 0. The van der Waals surface area contributed by atoms with Crippen LogP contribution in [0.4, 0.5) is 0 Å². The number of carboxylic acids is 2. The molecule has 6 nitrogen and oxygen atoms in total. The second-order valence-electron chi connectivity index (χ2n) is 3.93. The van der Waals surface area contributed by atoms with Crippen LogP contribution in [0.1, 0.15) is 20.7 Å². The average Bonchev–Trinajstić information content (AvgIpc) is 2.44. The van der Waals surface area contributed by atoms with Gasteiger partial charge in [-0.15, -0.1) is 0 Å². The van der Waals surface area contributed by atoms with Gasteiger partial charge in [-0.3, -0.25) is 0 Å². The predicted octanol–water partition coefficient (Wildman–Crippen LogP) is 3.49. The zero-order valence-electron chi connectivity index (χ0n) is 11.5. The Bertz CT molecular complexity index is 659. The van der Waals surface area contributed by atoms with Crippen LogP contribution in [-0.2, 0) is 19.5 Å². The predicted molar refractivity (Wildman–Crippen MR) is 80.2 cm³/mol. The summed E-state index contributed by atoms with van der Waals surface area (Å²) in [7, 11) is 0. The standard InChI is InChI=1S/2C7H5ClO3.Zn/c2*8-4-1-2-6(9)5(3-4)7(10)11;/h2*1-3,9H,(H,10,11);. The first kappa shape index (κ1) is 21.2. The molecule has 0 saturated carbocycles. The van der Waals surface area contributed by atoms with Crippen molar-refractivity contribution < 1.29 is 49.5 Å². The average molecular weight is 411 g/mol. The maximum Gasteiger partial charge on any atom is 0.339 e. The Morgan fingerprint density at radius 2 is 1.04 bits per heavy atom. The zero-order valence-corrected chi connectivity index (χ0v) is 16.0. The van der Waals surface area contributed by atoms with E-state index in [2.05, 4.69) is 0 Å². The van der Waals surface area contributed by atoms with Crippen LogP contribution in [0.3, 0.4) is 0 Å². The Hall–Kier alpha value is -1.82. The number of hydrogen-bond donors (Lipinski definition) is 4. The van der Waals surface area contributed by atoms with E-state index in [0.29, 0.717) is 10.0 Å². The van der Waals surface area contributed by atoms with Gasteiger partial charge >= 0.3 is 11.9 Å². The molecule has 0 spiro atoms. The number of halogens is 2. The van der Waals surface area contributed by atoms with Crippen molar-refractivity contribution in [2.24, 2.45) is 0 Å². The number of aromatic carboxylic acids is 2. The van der Waals surface area contributed by atoms with Gasteiger partial charge in [0, 0.05) is 29.5 Å². The van der Waals surface area contributed by atoms with Crippen molar-refractivity contribution >= 4 is 35.1 Å². The Morgan fingerprint density at radius 3 is 1.26 bits per heavy atom. The van der Waals surface area contributed by atoms with Crippen LogP contribution in [0.15, 0.2) is 36.4 Å². The first-order valence-electron chi connectivity index (χ1n) is 5.66. The van der Waals surface area contributed by atoms with Crippen molar-refractivity contribution in [3.05, 3.63) is 57.6 Å². The quantitative estimate of drug-likeness (QED) is 0.564. The van der Waals surface area contributed by atoms with Crippen LogP contribution < -0.4 is 0 Å². The van der Waals surface area contributed by atoms with Crippen LogP contribution in [0.2, 0.25) is 10.0 Å². The molecule has 9 heteroatoms. The van der Waals surface area contributed by atoms with Crippen LogP contribution in [-0.4, -0.2) is 32.4 Å². The first-order chi connectivity index (χ1) is 10.2. The molecule has 2 rings (SSSR count). The molecule has 4 N–H and O–H groups in total. The van der Waals surface area contributed by atoms with E-state index in [9.17, 15) is 9.59 Å². The van der Waals surface area contributed by atoms with E-state index in [1.165, 1.54) is 36.4 Å². The summed E-state index contributed by atoms with van der Waals surface area (Å²) in [4.78, 5) is 20.7. The summed E-state index contributed by atoms with van der Waals surface area (Å²) in [5, 5.41) is 35.5. The summed E-state index contributed by atoms with van der Waals surface area (Å²) in [6.45, 7) is 0. The molecular weight excluding hydrogens is 400 g/mol. The minimum Gasteiger partial charge on any atom is -0.507 e. The van der Waals surface area contributed by atoms with E-state index in [0.717, 1.165) is 0 Å². The van der Waals surface area contributed by atoms with Crippen LogP contribution in [0, 0.1) is 0 Å². The van der Waals surface area contributed by atoms with Gasteiger partial charge in [-0.1, -0.05) is 23.2 Å². The van der Waals surface area contributed by atoms with Gasteiger partial charge in [-0.2, -0.15) is 0 Å².